The van der Waals surface area contributed by atoms with Gasteiger partial charge in [-0.1, -0.05) is 19.8 Å². The molecule has 0 saturated carbocycles. The van der Waals surface area contributed by atoms with Crippen molar-refractivity contribution >= 4 is 5.97 Å². The number of rotatable bonds is 6. The molecule has 0 spiro atoms. The van der Waals surface area contributed by atoms with Gasteiger partial charge in [-0.25, -0.2) is 0 Å². The number of carboxylic acids is 1. The van der Waals surface area contributed by atoms with E-state index in [-0.39, 0.29) is 18.9 Å². The van der Waals surface area contributed by atoms with Gasteiger partial charge < -0.3 is 10.2 Å². The largest absolute Gasteiger partial charge is 0.481 e. The molecule has 0 aliphatic rings. The lowest BCUT2D eigenvalue weighted by molar-refractivity contribution is -0.138. The molecule has 0 fully saturated rings. The minimum absolute atomic E-state index is 0.00764. The Morgan fingerprint density at radius 2 is 2.18 bits per heavy atom. The highest BCUT2D eigenvalue weighted by molar-refractivity contribution is 5.66. The van der Waals surface area contributed by atoms with Crippen molar-refractivity contribution in [3.63, 3.8) is 0 Å². The summed E-state index contributed by atoms with van der Waals surface area (Å²) in [5, 5.41) is 17.1. The average Bonchev–Trinajstić information content (AvgIpc) is 1.97. The summed E-state index contributed by atoms with van der Waals surface area (Å²) < 4.78 is 0. The van der Waals surface area contributed by atoms with Crippen molar-refractivity contribution < 1.29 is 15.0 Å². The second-order valence-corrected chi connectivity index (χ2v) is 2.79. The number of hydrogen-bond donors (Lipinski definition) is 2. The predicted octanol–water partition coefficient (Wildman–Crippen LogP) is 1.26. The molecule has 66 valence electrons. The monoisotopic (exact) mass is 160 g/mol. The van der Waals surface area contributed by atoms with Gasteiger partial charge in [-0.3, -0.25) is 4.79 Å². The number of aliphatic carboxylic acids is 1. The third-order valence-electron chi connectivity index (χ3n) is 1.69. The second-order valence-electron chi connectivity index (χ2n) is 2.79. The topological polar surface area (TPSA) is 57.5 Å². The lowest BCUT2D eigenvalue weighted by atomic mass is 10.00. The summed E-state index contributed by atoms with van der Waals surface area (Å²) in [4.78, 5) is 10.2. The zero-order valence-electron chi connectivity index (χ0n) is 6.92. The van der Waals surface area contributed by atoms with Crippen LogP contribution >= 0.6 is 0 Å². The molecule has 2 N–H and O–H groups in total. The van der Waals surface area contributed by atoms with Gasteiger partial charge in [-0.2, -0.15) is 0 Å². The molecule has 0 amide bonds. The summed E-state index contributed by atoms with van der Waals surface area (Å²) in [6.07, 6.45) is 2.96. The normalized spacial score (nSPS) is 12.9. The Bertz CT molecular complexity index is 112. The van der Waals surface area contributed by atoms with Crippen molar-refractivity contribution in [3.05, 3.63) is 0 Å². The van der Waals surface area contributed by atoms with Gasteiger partial charge in [0.1, 0.15) is 0 Å². The van der Waals surface area contributed by atoms with Gasteiger partial charge in [0.2, 0.25) is 0 Å². The van der Waals surface area contributed by atoms with E-state index in [1.54, 1.807) is 0 Å². The molecule has 11 heavy (non-hydrogen) atoms. The molecule has 3 nitrogen and oxygen atoms in total. The van der Waals surface area contributed by atoms with Crippen LogP contribution < -0.4 is 0 Å². The third kappa shape index (κ3) is 5.85. The highest BCUT2D eigenvalue weighted by Crippen LogP contribution is 2.11. The standard InChI is InChI=1S/C8H16O3/c1-2-3-4-7(6-9)5-8(10)11/h7,9H,2-6H2,1H3,(H,10,11)/t7-/m0/s1. The fourth-order valence-corrected chi connectivity index (χ4v) is 0.998. The quantitative estimate of drug-likeness (QED) is 0.615. The average molecular weight is 160 g/mol. The van der Waals surface area contributed by atoms with Crippen molar-refractivity contribution in [3.8, 4) is 0 Å². The van der Waals surface area contributed by atoms with Crippen LogP contribution in [0.25, 0.3) is 0 Å². The van der Waals surface area contributed by atoms with Crippen LogP contribution in [0.15, 0.2) is 0 Å². The number of carbonyl (C=O) groups is 1. The van der Waals surface area contributed by atoms with Crippen LogP contribution in [0.1, 0.15) is 32.6 Å². The molecule has 0 aromatic heterocycles. The van der Waals surface area contributed by atoms with E-state index in [4.69, 9.17) is 10.2 Å². The highest BCUT2D eigenvalue weighted by atomic mass is 16.4. The second kappa shape index (κ2) is 6.16. The van der Waals surface area contributed by atoms with Crippen LogP contribution in [0.3, 0.4) is 0 Å². The minimum Gasteiger partial charge on any atom is -0.481 e. The molecule has 0 rings (SSSR count). The summed E-state index contributed by atoms with van der Waals surface area (Å²) in [7, 11) is 0. The van der Waals surface area contributed by atoms with Crippen LogP contribution in [-0.4, -0.2) is 22.8 Å². The Balaban J connectivity index is 3.49. The number of carboxylic acid groups (broad SMARTS) is 1. The van der Waals surface area contributed by atoms with Crippen molar-refractivity contribution in [2.24, 2.45) is 5.92 Å². The van der Waals surface area contributed by atoms with Crippen LogP contribution in [0.2, 0.25) is 0 Å². The Kier molecular flexibility index (Phi) is 5.84. The first-order valence-corrected chi connectivity index (χ1v) is 4.03. The summed E-state index contributed by atoms with van der Waals surface area (Å²) >= 11 is 0. The number of aliphatic hydroxyl groups excluding tert-OH is 1. The van der Waals surface area contributed by atoms with Crippen LogP contribution in [0.4, 0.5) is 0 Å². The van der Waals surface area contributed by atoms with Gasteiger partial charge >= 0.3 is 5.97 Å². The van der Waals surface area contributed by atoms with Gasteiger partial charge in [0.05, 0.1) is 6.42 Å². The molecular formula is C8H16O3. The number of hydrogen-bond acceptors (Lipinski definition) is 2. The van der Waals surface area contributed by atoms with Crippen LogP contribution in [0.5, 0.6) is 0 Å². The predicted molar refractivity (Wildman–Crippen MR) is 42.4 cm³/mol. The molecule has 0 heterocycles. The summed E-state index contributed by atoms with van der Waals surface area (Å²) in [6.45, 7) is 2.04. The van der Waals surface area contributed by atoms with E-state index in [9.17, 15) is 4.79 Å². The summed E-state index contributed by atoms with van der Waals surface area (Å²) in [5.41, 5.74) is 0. The number of aliphatic hydroxyl groups is 1. The van der Waals surface area contributed by atoms with Gasteiger partial charge in [0.15, 0.2) is 0 Å². The fourth-order valence-electron chi connectivity index (χ4n) is 0.998. The van der Waals surface area contributed by atoms with Gasteiger partial charge in [0, 0.05) is 6.61 Å². The first-order chi connectivity index (χ1) is 5.20. The molecule has 0 saturated heterocycles. The maximum atomic E-state index is 10.2. The first kappa shape index (κ1) is 10.4. The molecule has 3 heteroatoms. The molecule has 0 unspecified atom stereocenters. The van der Waals surface area contributed by atoms with E-state index in [1.807, 2.05) is 0 Å². The van der Waals surface area contributed by atoms with Crippen molar-refractivity contribution in [2.75, 3.05) is 6.61 Å². The Hall–Kier alpha value is -0.570. The fraction of sp³-hybridized carbons (Fsp3) is 0.875. The third-order valence-corrected chi connectivity index (χ3v) is 1.69. The van der Waals surface area contributed by atoms with E-state index in [2.05, 4.69) is 6.92 Å². The molecule has 0 bridgehead atoms. The highest BCUT2D eigenvalue weighted by Gasteiger charge is 2.10. The van der Waals surface area contributed by atoms with Gasteiger partial charge in [-0.15, -0.1) is 0 Å². The SMILES string of the molecule is CCCC[C@H](CO)CC(=O)O. The number of unbranched alkanes of at least 4 members (excludes halogenated alkanes) is 1. The van der Waals surface area contributed by atoms with E-state index in [0.717, 1.165) is 19.3 Å². The van der Waals surface area contributed by atoms with E-state index in [1.165, 1.54) is 0 Å². The Labute approximate surface area is 67.0 Å². The molecule has 0 aromatic rings. The lowest BCUT2D eigenvalue weighted by Gasteiger charge is -2.09. The smallest absolute Gasteiger partial charge is 0.303 e. The summed E-state index contributed by atoms with van der Waals surface area (Å²) in [5.74, 6) is -0.868. The van der Waals surface area contributed by atoms with E-state index in [0.29, 0.717) is 0 Å². The van der Waals surface area contributed by atoms with Crippen LogP contribution in [0, 0.1) is 5.92 Å². The Morgan fingerprint density at radius 3 is 2.55 bits per heavy atom. The van der Waals surface area contributed by atoms with Crippen LogP contribution in [-0.2, 0) is 4.79 Å². The van der Waals surface area contributed by atoms with Gasteiger partial charge in [-0.05, 0) is 12.3 Å². The van der Waals surface area contributed by atoms with Crippen molar-refractivity contribution in [1.29, 1.82) is 0 Å². The zero-order chi connectivity index (χ0) is 8.69. The molecule has 0 radical (unpaired) electrons. The first-order valence-electron chi connectivity index (χ1n) is 4.03. The molecule has 0 aromatic carbocycles. The van der Waals surface area contributed by atoms with E-state index >= 15 is 0 Å². The zero-order valence-corrected chi connectivity index (χ0v) is 6.92. The Morgan fingerprint density at radius 1 is 1.55 bits per heavy atom. The summed E-state index contributed by atoms with van der Waals surface area (Å²) in [6, 6.07) is 0. The molecule has 0 aliphatic heterocycles. The van der Waals surface area contributed by atoms with Gasteiger partial charge in [0.25, 0.3) is 0 Å². The molecule has 0 aliphatic carbocycles. The lowest BCUT2D eigenvalue weighted by Crippen LogP contribution is -2.11. The van der Waals surface area contributed by atoms with Crippen molar-refractivity contribution in [2.45, 2.75) is 32.6 Å². The van der Waals surface area contributed by atoms with E-state index < -0.39 is 5.97 Å². The van der Waals surface area contributed by atoms with Crippen molar-refractivity contribution in [1.82, 2.24) is 0 Å². The molecular weight excluding hydrogens is 144 g/mol. The maximum Gasteiger partial charge on any atom is 0.303 e. The maximum absolute atomic E-state index is 10.2. The minimum atomic E-state index is -0.819. The molecule has 1 atom stereocenters.